The second-order valence-corrected chi connectivity index (χ2v) is 9.85. The Hall–Kier alpha value is -2.42. The molecule has 0 spiro atoms. The van der Waals surface area contributed by atoms with Gasteiger partial charge in [-0.15, -0.1) is 23.5 Å². The minimum atomic E-state index is -1.12. The van der Waals surface area contributed by atoms with Crippen LogP contribution in [0.1, 0.15) is 43.9 Å². The predicted octanol–water partition coefficient (Wildman–Crippen LogP) is 4.84. The van der Waals surface area contributed by atoms with Gasteiger partial charge in [0.25, 0.3) is 0 Å². The van der Waals surface area contributed by atoms with Gasteiger partial charge in [-0.2, -0.15) is 0 Å². The van der Waals surface area contributed by atoms with Crippen LogP contribution in [0.25, 0.3) is 11.1 Å². The second-order valence-electron chi connectivity index (χ2n) is 7.53. The van der Waals surface area contributed by atoms with E-state index in [-0.39, 0.29) is 24.3 Å². The third kappa shape index (κ3) is 8.14. The zero-order valence-corrected chi connectivity index (χ0v) is 20.7. The quantitative estimate of drug-likeness (QED) is 0.210. The van der Waals surface area contributed by atoms with Crippen LogP contribution in [0.4, 0.5) is 0 Å². The average molecular weight is 489 g/mol. The monoisotopic (exact) mass is 488 g/mol. The summed E-state index contributed by atoms with van der Waals surface area (Å²) in [6, 6.07) is 16.0. The fourth-order valence-corrected chi connectivity index (χ4v) is 5.31. The first kappa shape index (κ1) is 26.8. The van der Waals surface area contributed by atoms with Crippen LogP contribution in [0.2, 0.25) is 0 Å². The molecule has 0 fully saturated rings. The summed E-state index contributed by atoms with van der Waals surface area (Å²) in [6.07, 6.45) is 1.81. The molecule has 0 aliphatic carbocycles. The Kier molecular flexibility index (Phi) is 11.4. The molecule has 8 heteroatoms. The molecule has 0 aromatic heterocycles. The first-order chi connectivity index (χ1) is 15.9. The first-order valence-electron chi connectivity index (χ1n) is 10.8. The number of aliphatic hydroxyl groups is 1. The van der Waals surface area contributed by atoms with Crippen molar-refractivity contribution < 1.29 is 19.8 Å². The molecule has 4 N–H and O–H groups in total. The maximum atomic E-state index is 12.5. The maximum absolute atomic E-state index is 12.5. The molecule has 2 aromatic carbocycles. The number of rotatable bonds is 13. The number of aliphatic carboxylic acids is 1. The summed E-state index contributed by atoms with van der Waals surface area (Å²) in [5.74, 6) is -0.342. The fraction of sp³-hybridized carbons (Fsp3) is 0.360. The molecule has 178 valence electrons. The summed E-state index contributed by atoms with van der Waals surface area (Å²) in [5, 5.41) is 20.5. The van der Waals surface area contributed by atoms with Crippen molar-refractivity contribution in [2.45, 2.75) is 39.3 Å². The maximum Gasteiger partial charge on any atom is 0.352 e. The van der Waals surface area contributed by atoms with Crippen LogP contribution < -0.4 is 5.73 Å². The van der Waals surface area contributed by atoms with Gasteiger partial charge in [0.2, 0.25) is 5.91 Å². The minimum absolute atomic E-state index is 0.00885. The number of carboxylic acids is 1. The van der Waals surface area contributed by atoms with Gasteiger partial charge in [0.1, 0.15) is 5.70 Å². The molecule has 0 aliphatic heterocycles. The van der Waals surface area contributed by atoms with Gasteiger partial charge in [-0.05, 0) is 28.7 Å². The molecule has 1 amide bonds. The third-order valence-corrected chi connectivity index (χ3v) is 7.32. The molecule has 2 aromatic rings. The number of benzene rings is 2. The molecule has 0 bridgehead atoms. The zero-order chi connectivity index (χ0) is 24.2. The molecule has 1 unspecified atom stereocenters. The molecule has 0 aliphatic rings. The number of nitrogens with zero attached hydrogens (tertiary/aromatic N) is 1. The molecule has 6 nitrogen and oxygen atoms in total. The van der Waals surface area contributed by atoms with Gasteiger partial charge < -0.3 is 20.8 Å². The summed E-state index contributed by atoms with van der Waals surface area (Å²) in [5.41, 5.74) is 9.24. The number of carbonyl (C=O) groups is 2. The Labute approximate surface area is 204 Å². The molecule has 1 atom stereocenters. The number of hydrogen-bond acceptors (Lipinski definition) is 6. The Morgan fingerprint density at radius 3 is 2.45 bits per heavy atom. The topological polar surface area (TPSA) is 104 Å². The lowest BCUT2D eigenvalue weighted by Gasteiger charge is -2.31. The lowest BCUT2D eigenvalue weighted by Crippen LogP contribution is -2.35. The van der Waals surface area contributed by atoms with Crippen molar-refractivity contribution in [1.82, 2.24) is 4.90 Å². The molecule has 0 radical (unpaired) electrons. The molecule has 0 heterocycles. The van der Waals surface area contributed by atoms with E-state index in [0.29, 0.717) is 11.6 Å². The van der Waals surface area contributed by atoms with Crippen molar-refractivity contribution in [3.63, 3.8) is 0 Å². The van der Waals surface area contributed by atoms with Crippen LogP contribution in [-0.4, -0.2) is 44.4 Å². The van der Waals surface area contributed by atoms with Crippen molar-refractivity contribution in [3.8, 4) is 11.1 Å². The highest BCUT2D eigenvalue weighted by Gasteiger charge is 2.22. The highest BCUT2D eigenvalue weighted by Crippen LogP contribution is 2.30. The van der Waals surface area contributed by atoms with Gasteiger partial charge in [-0.25, -0.2) is 4.79 Å². The standard InChI is InChI=1S/C25H32N2O4S2/c1-3-6-24(27(18(2)29)13-14-32-17-33-16-23(26)25(30)31)20-11-9-19(10-12-20)22-8-5-4-7-21(22)15-28/h4-5,7-12,16,24,28H,3,6,13-15,17,26H2,1-2H3,(H,30,31)/b23-16-. The number of nitrogens with two attached hydrogens (primary N) is 1. The Morgan fingerprint density at radius 2 is 1.85 bits per heavy atom. The largest absolute Gasteiger partial charge is 0.477 e. The van der Waals surface area contributed by atoms with Crippen LogP contribution >= 0.6 is 23.5 Å². The normalized spacial score (nSPS) is 12.4. The Balaban J connectivity index is 2.07. The van der Waals surface area contributed by atoms with Crippen molar-refractivity contribution >= 4 is 35.4 Å². The number of hydrogen-bond donors (Lipinski definition) is 3. The van der Waals surface area contributed by atoms with Gasteiger partial charge in [0.15, 0.2) is 0 Å². The number of amides is 1. The van der Waals surface area contributed by atoms with Gasteiger partial charge in [-0.1, -0.05) is 61.9 Å². The Bertz CT molecular complexity index is 948. The molecule has 0 saturated heterocycles. The Morgan fingerprint density at radius 1 is 1.15 bits per heavy atom. The number of thioether (sulfide) groups is 2. The highest BCUT2D eigenvalue weighted by molar-refractivity contribution is 8.17. The summed E-state index contributed by atoms with van der Waals surface area (Å²) < 4.78 is 0. The van der Waals surface area contributed by atoms with Gasteiger partial charge in [0.05, 0.1) is 12.6 Å². The van der Waals surface area contributed by atoms with E-state index >= 15 is 0 Å². The van der Waals surface area contributed by atoms with Crippen LogP contribution in [0, 0.1) is 0 Å². The molecule has 2 rings (SSSR count). The van der Waals surface area contributed by atoms with Gasteiger partial charge in [0, 0.05) is 29.7 Å². The van der Waals surface area contributed by atoms with Crippen LogP contribution in [0.3, 0.4) is 0 Å². The summed E-state index contributed by atoms with van der Waals surface area (Å²) in [7, 11) is 0. The lowest BCUT2D eigenvalue weighted by molar-refractivity contribution is -0.133. The van der Waals surface area contributed by atoms with E-state index in [2.05, 4.69) is 31.2 Å². The van der Waals surface area contributed by atoms with Crippen LogP contribution in [-0.2, 0) is 16.2 Å². The SMILES string of the molecule is CCCC(c1ccc(-c2ccccc2CO)cc1)N(CCSCS/C=C(\N)C(=O)O)C(C)=O. The van der Waals surface area contributed by atoms with Crippen molar-refractivity contribution in [2.24, 2.45) is 5.73 Å². The van der Waals surface area contributed by atoms with Crippen LogP contribution in [0.15, 0.2) is 59.6 Å². The number of carbonyl (C=O) groups excluding carboxylic acids is 1. The van der Waals surface area contributed by atoms with E-state index in [1.807, 2.05) is 29.2 Å². The lowest BCUT2D eigenvalue weighted by atomic mass is 9.95. The van der Waals surface area contributed by atoms with Crippen molar-refractivity contribution in [1.29, 1.82) is 0 Å². The summed E-state index contributed by atoms with van der Waals surface area (Å²) in [4.78, 5) is 25.1. The first-order valence-corrected chi connectivity index (χ1v) is 13.0. The van der Waals surface area contributed by atoms with Crippen LogP contribution in [0.5, 0.6) is 0 Å². The van der Waals surface area contributed by atoms with E-state index in [1.165, 1.54) is 17.2 Å². The highest BCUT2D eigenvalue weighted by atomic mass is 32.2. The number of carboxylic acid groups (broad SMARTS) is 1. The molecule has 0 saturated carbocycles. The van der Waals surface area contributed by atoms with Crippen molar-refractivity contribution in [3.05, 3.63) is 70.8 Å². The van der Waals surface area contributed by atoms with E-state index < -0.39 is 5.97 Å². The van der Waals surface area contributed by atoms with E-state index in [9.17, 15) is 14.7 Å². The minimum Gasteiger partial charge on any atom is -0.477 e. The van der Waals surface area contributed by atoms with E-state index in [1.54, 1.807) is 18.7 Å². The summed E-state index contributed by atoms with van der Waals surface area (Å²) in [6.45, 7) is 4.31. The van der Waals surface area contributed by atoms with E-state index in [0.717, 1.165) is 40.8 Å². The predicted molar refractivity (Wildman–Crippen MR) is 138 cm³/mol. The van der Waals surface area contributed by atoms with Gasteiger partial charge in [-0.3, -0.25) is 4.79 Å². The number of aliphatic hydroxyl groups excluding tert-OH is 1. The van der Waals surface area contributed by atoms with E-state index in [4.69, 9.17) is 10.8 Å². The van der Waals surface area contributed by atoms with Gasteiger partial charge >= 0.3 is 5.97 Å². The molecular formula is C25H32N2O4S2. The second kappa shape index (κ2) is 14.0. The zero-order valence-electron chi connectivity index (χ0n) is 19.1. The average Bonchev–Trinajstić information content (AvgIpc) is 2.82. The van der Waals surface area contributed by atoms with Crippen molar-refractivity contribution in [2.75, 3.05) is 17.4 Å². The fourth-order valence-electron chi connectivity index (χ4n) is 3.58. The molecule has 33 heavy (non-hydrogen) atoms. The third-order valence-electron chi connectivity index (χ3n) is 5.22. The summed E-state index contributed by atoms with van der Waals surface area (Å²) >= 11 is 2.98. The molecular weight excluding hydrogens is 456 g/mol. The smallest absolute Gasteiger partial charge is 0.352 e.